The van der Waals surface area contributed by atoms with Gasteiger partial charge in [0.05, 0.1) is 11.7 Å². The third-order valence-corrected chi connectivity index (χ3v) is 2.96. The fourth-order valence-electron chi connectivity index (χ4n) is 2.12. The molecule has 0 aliphatic carbocycles. The van der Waals surface area contributed by atoms with Crippen molar-refractivity contribution < 1.29 is 0 Å². The summed E-state index contributed by atoms with van der Waals surface area (Å²) in [6.07, 6.45) is 0. The predicted octanol–water partition coefficient (Wildman–Crippen LogP) is 1.10. The topological polar surface area (TPSA) is 75.6 Å². The third-order valence-electron chi connectivity index (χ3n) is 2.96. The first kappa shape index (κ1) is 13.2. The molecule has 2 aromatic heterocycles. The van der Waals surface area contributed by atoms with Gasteiger partial charge in [-0.25, -0.2) is 0 Å². The van der Waals surface area contributed by atoms with Gasteiger partial charge in [0.1, 0.15) is 5.82 Å². The number of nitrogens with zero attached hydrogens (tertiary/aromatic N) is 3. The maximum Gasteiger partial charge on any atom is 0.248 e. The van der Waals surface area contributed by atoms with Gasteiger partial charge in [0.15, 0.2) is 5.82 Å². The summed E-state index contributed by atoms with van der Waals surface area (Å²) in [5, 5.41) is 11.7. The van der Waals surface area contributed by atoms with Crippen molar-refractivity contribution in [2.75, 3.05) is 6.54 Å². The monoisotopic (exact) mass is 259 g/mol. The molecule has 1 atom stereocenters. The van der Waals surface area contributed by atoms with E-state index in [1.165, 1.54) is 6.07 Å². The van der Waals surface area contributed by atoms with E-state index < -0.39 is 0 Å². The molecule has 1 aliphatic heterocycles. The molecule has 0 bridgehead atoms. The Hall–Kier alpha value is -2.21. The zero-order valence-corrected chi connectivity index (χ0v) is 10.9. The molecule has 3 heterocycles. The summed E-state index contributed by atoms with van der Waals surface area (Å²) in [5.41, 5.74) is 0.590. The highest BCUT2D eigenvalue weighted by molar-refractivity contribution is 5.49. The van der Waals surface area contributed by atoms with Crippen LogP contribution in [0.25, 0.3) is 11.5 Å². The van der Waals surface area contributed by atoms with E-state index in [1.807, 2.05) is 10.6 Å². The molecule has 19 heavy (non-hydrogen) atoms. The number of fused-ring (bicyclic) bond motifs is 1. The van der Waals surface area contributed by atoms with Crippen molar-refractivity contribution >= 4 is 0 Å². The highest BCUT2D eigenvalue weighted by Gasteiger charge is 2.22. The Bertz CT molecular complexity index is 615. The molecule has 1 unspecified atom stereocenters. The number of aromatic nitrogens is 4. The van der Waals surface area contributed by atoms with Crippen molar-refractivity contribution in [3.8, 4) is 11.5 Å². The Kier molecular flexibility index (Phi) is 3.91. The summed E-state index contributed by atoms with van der Waals surface area (Å²) in [5.74, 6) is 1.64. The molecule has 2 aromatic rings. The first-order chi connectivity index (χ1) is 9.25. The maximum atomic E-state index is 11.3. The lowest BCUT2D eigenvalue weighted by Gasteiger charge is -2.21. The third kappa shape index (κ3) is 2.48. The molecule has 2 N–H and O–H groups in total. The first-order valence-corrected chi connectivity index (χ1v) is 6.12. The number of aromatic amines is 1. The van der Waals surface area contributed by atoms with E-state index in [1.54, 1.807) is 6.07 Å². The second-order valence-electron chi connectivity index (χ2n) is 4.14. The van der Waals surface area contributed by atoms with E-state index in [2.05, 4.69) is 40.6 Å². The summed E-state index contributed by atoms with van der Waals surface area (Å²) in [6.45, 7) is 9.76. The van der Waals surface area contributed by atoms with Crippen molar-refractivity contribution in [2.45, 2.75) is 19.5 Å². The van der Waals surface area contributed by atoms with E-state index >= 15 is 0 Å². The van der Waals surface area contributed by atoms with Gasteiger partial charge < -0.3 is 14.9 Å². The summed E-state index contributed by atoms with van der Waals surface area (Å²) in [7, 11) is 0. The van der Waals surface area contributed by atoms with Crippen LogP contribution in [0.3, 0.4) is 0 Å². The summed E-state index contributed by atoms with van der Waals surface area (Å²) in [4.78, 5) is 14.1. The molecule has 0 saturated carbocycles. The molecule has 0 amide bonds. The minimum Gasteiger partial charge on any atom is -0.319 e. The lowest BCUT2D eigenvalue weighted by molar-refractivity contribution is 0.438. The van der Waals surface area contributed by atoms with Gasteiger partial charge >= 0.3 is 0 Å². The van der Waals surface area contributed by atoms with Crippen LogP contribution in [0.4, 0.5) is 0 Å². The Morgan fingerprint density at radius 2 is 2.16 bits per heavy atom. The van der Waals surface area contributed by atoms with Crippen LogP contribution in [0.15, 0.2) is 36.2 Å². The van der Waals surface area contributed by atoms with Crippen molar-refractivity contribution in [1.29, 1.82) is 0 Å². The standard InChI is InChI=1S/C11H13N5O.C2H4/c1-7-10-14-15-11(16(10)6-5-12-7)8-3-2-4-9(17)13-8;1-2/h2-4,7,12H,5-6H2,1H3,(H,13,17);1-2H2. The van der Waals surface area contributed by atoms with Gasteiger partial charge in [0.25, 0.3) is 0 Å². The van der Waals surface area contributed by atoms with Crippen molar-refractivity contribution in [1.82, 2.24) is 25.1 Å². The fourth-order valence-corrected chi connectivity index (χ4v) is 2.12. The molecular weight excluding hydrogens is 242 g/mol. The van der Waals surface area contributed by atoms with Crippen LogP contribution in [-0.2, 0) is 6.54 Å². The quantitative estimate of drug-likeness (QED) is 0.752. The molecular formula is C13H17N5O. The normalized spacial score (nSPS) is 17.2. The number of H-pyrrole nitrogens is 1. The Morgan fingerprint density at radius 3 is 2.89 bits per heavy atom. The Balaban J connectivity index is 0.000000637. The second kappa shape index (κ2) is 5.62. The molecule has 1 aliphatic rings. The highest BCUT2D eigenvalue weighted by Crippen LogP contribution is 2.21. The molecule has 0 saturated heterocycles. The van der Waals surface area contributed by atoms with Crippen molar-refractivity contribution in [3.05, 3.63) is 47.5 Å². The van der Waals surface area contributed by atoms with Crippen LogP contribution < -0.4 is 10.9 Å². The van der Waals surface area contributed by atoms with E-state index in [4.69, 9.17) is 0 Å². The number of rotatable bonds is 1. The van der Waals surface area contributed by atoms with Gasteiger partial charge in [-0.15, -0.1) is 23.4 Å². The van der Waals surface area contributed by atoms with Crippen LogP contribution in [-0.4, -0.2) is 26.3 Å². The molecule has 100 valence electrons. The minimum atomic E-state index is -0.123. The smallest absolute Gasteiger partial charge is 0.248 e. The summed E-state index contributed by atoms with van der Waals surface area (Å²) in [6, 6.07) is 5.24. The lowest BCUT2D eigenvalue weighted by atomic mass is 10.2. The van der Waals surface area contributed by atoms with Crippen LogP contribution in [0, 0.1) is 0 Å². The highest BCUT2D eigenvalue weighted by atomic mass is 16.1. The second-order valence-corrected chi connectivity index (χ2v) is 4.14. The summed E-state index contributed by atoms with van der Waals surface area (Å²) >= 11 is 0. The maximum absolute atomic E-state index is 11.3. The number of hydrogen-bond acceptors (Lipinski definition) is 4. The first-order valence-electron chi connectivity index (χ1n) is 6.12. The largest absolute Gasteiger partial charge is 0.319 e. The number of hydrogen-bond donors (Lipinski definition) is 2. The lowest BCUT2D eigenvalue weighted by Crippen LogP contribution is -2.32. The van der Waals surface area contributed by atoms with Gasteiger partial charge in [0, 0.05) is 19.2 Å². The number of nitrogens with one attached hydrogen (secondary N) is 2. The van der Waals surface area contributed by atoms with Crippen molar-refractivity contribution in [3.63, 3.8) is 0 Å². The fraction of sp³-hybridized carbons (Fsp3) is 0.308. The molecule has 0 aromatic carbocycles. The summed E-state index contributed by atoms with van der Waals surface area (Å²) < 4.78 is 2.05. The van der Waals surface area contributed by atoms with Gasteiger partial charge in [-0.05, 0) is 13.0 Å². The zero-order valence-electron chi connectivity index (χ0n) is 10.9. The molecule has 6 nitrogen and oxygen atoms in total. The average Bonchev–Trinajstić information content (AvgIpc) is 2.86. The van der Waals surface area contributed by atoms with Gasteiger partial charge in [-0.2, -0.15) is 0 Å². The predicted molar refractivity (Wildman–Crippen MR) is 73.8 cm³/mol. The van der Waals surface area contributed by atoms with Gasteiger partial charge in [-0.3, -0.25) is 4.79 Å². The molecule has 3 rings (SSSR count). The Morgan fingerprint density at radius 1 is 1.37 bits per heavy atom. The van der Waals surface area contributed by atoms with E-state index in [0.29, 0.717) is 5.69 Å². The van der Waals surface area contributed by atoms with Crippen molar-refractivity contribution in [2.24, 2.45) is 0 Å². The van der Waals surface area contributed by atoms with Crippen LogP contribution in [0.5, 0.6) is 0 Å². The number of pyridine rings is 1. The van der Waals surface area contributed by atoms with Crippen LogP contribution >= 0.6 is 0 Å². The molecule has 6 heteroatoms. The SMILES string of the molecule is C=C.CC1NCCn2c(-c3cccc(=O)[nH]3)nnc21. The van der Waals surface area contributed by atoms with Gasteiger partial charge in [-0.1, -0.05) is 6.07 Å². The van der Waals surface area contributed by atoms with E-state index in [-0.39, 0.29) is 11.6 Å². The van der Waals surface area contributed by atoms with E-state index in [0.717, 1.165) is 24.7 Å². The van der Waals surface area contributed by atoms with Crippen LogP contribution in [0.2, 0.25) is 0 Å². The zero-order chi connectivity index (χ0) is 13.8. The van der Waals surface area contributed by atoms with E-state index in [9.17, 15) is 4.79 Å². The molecule has 0 fully saturated rings. The Labute approximate surface area is 111 Å². The van der Waals surface area contributed by atoms with Crippen LogP contribution in [0.1, 0.15) is 18.8 Å². The molecule has 0 spiro atoms. The minimum absolute atomic E-state index is 0.123. The average molecular weight is 259 g/mol. The molecule has 0 radical (unpaired) electrons. The van der Waals surface area contributed by atoms with Gasteiger partial charge in [0.2, 0.25) is 5.56 Å².